The molecule has 5 nitrogen and oxygen atoms in total. The Kier molecular flexibility index (Phi) is 5.27. The van der Waals surface area contributed by atoms with Crippen LogP contribution >= 0.6 is 0 Å². The van der Waals surface area contributed by atoms with Crippen molar-refractivity contribution in [2.75, 3.05) is 0 Å². The summed E-state index contributed by atoms with van der Waals surface area (Å²) in [6.07, 6.45) is 1.50. The summed E-state index contributed by atoms with van der Waals surface area (Å²) in [5, 5.41) is 13.5. The maximum absolute atomic E-state index is 13.3. The number of hydrazone groups is 1. The van der Waals surface area contributed by atoms with Gasteiger partial charge in [0.2, 0.25) is 0 Å². The van der Waals surface area contributed by atoms with Crippen LogP contribution in [0.1, 0.15) is 21.5 Å². The van der Waals surface area contributed by atoms with Crippen LogP contribution in [0.25, 0.3) is 22.2 Å². The molecule has 4 rings (SSSR count). The Hall–Kier alpha value is -4.37. The number of halogens is 1. The van der Waals surface area contributed by atoms with Crippen molar-refractivity contribution in [3.05, 3.63) is 101 Å². The molecule has 1 heterocycles. The van der Waals surface area contributed by atoms with Gasteiger partial charge in [-0.3, -0.25) is 4.79 Å². The molecule has 0 aliphatic carbocycles. The highest BCUT2D eigenvalue weighted by Crippen LogP contribution is 2.25. The van der Waals surface area contributed by atoms with E-state index in [9.17, 15) is 9.18 Å². The summed E-state index contributed by atoms with van der Waals surface area (Å²) in [6, 6.07) is 23.8. The minimum atomic E-state index is -0.387. The predicted molar refractivity (Wildman–Crippen MR) is 113 cm³/mol. The molecule has 0 fully saturated rings. The van der Waals surface area contributed by atoms with Crippen LogP contribution in [0.15, 0.2) is 84.0 Å². The number of amides is 1. The zero-order valence-corrected chi connectivity index (χ0v) is 15.7. The lowest BCUT2D eigenvalue weighted by molar-refractivity contribution is 0.0956. The summed E-state index contributed by atoms with van der Waals surface area (Å²) in [6.45, 7) is 0. The Bertz CT molecular complexity index is 1290. The number of nitrogens with zero attached hydrogens (tertiary/aromatic N) is 3. The number of aromatic nitrogens is 1. The van der Waals surface area contributed by atoms with Crippen molar-refractivity contribution < 1.29 is 9.18 Å². The van der Waals surface area contributed by atoms with Crippen molar-refractivity contribution in [3.8, 4) is 17.3 Å². The molecular formula is C24H15FN4O. The topological polar surface area (TPSA) is 78.1 Å². The first-order chi connectivity index (χ1) is 14.6. The van der Waals surface area contributed by atoms with Crippen molar-refractivity contribution in [1.29, 1.82) is 5.26 Å². The Balaban J connectivity index is 1.64. The van der Waals surface area contributed by atoms with E-state index in [1.807, 2.05) is 30.3 Å². The standard InChI is InChI=1S/C24H15FN4O/c25-19-11-9-18(10-12-19)23-13-21(20-3-1-2-4-22(20)28-23)24(30)29-27-15-17-7-5-16(14-26)6-8-17/h1-13,15H,(H,29,30). The van der Waals surface area contributed by atoms with E-state index in [-0.39, 0.29) is 11.7 Å². The third kappa shape index (κ3) is 4.05. The van der Waals surface area contributed by atoms with Crippen LogP contribution in [-0.2, 0) is 0 Å². The maximum Gasteiger partial charge on any atom is 0.272 e. The first kappa shape index (κ1) is 19.0. The van der Waals surface area contributed by atoms with Crippen molar-refractivity contribution in [2.45, 2.75) is 0 Å². The molecule has 1 amide bonds. The molecule has 6 heteroatoms. The zero-order valence-electron chi connectivity index (χ0n) is 15.7. The molecule has 0 radical (unpaired) electrons. The summed E-state index contributed by atoms with van der Waals surface area (Å²) >= 11 is 0. The number of hydrogen-bond donors (Lipinski definition) is 1. The summed E-state index contributed by atoms with van der Waals surface area (Å²) < 4.78 is 13.3. The van der Waals surface area contributed by atoms with Crippen LogP contribution < -0.4 is 5.43 Å². The molecule has 0 unspecified atom stereocenters. The molecule has 1 aromatic heterocycles. The number of pyridine rings is 1. The van der Waals surface area contributed by atoms with E-state index < -0.39 is 0 Å². The van der Waals surface area contributed by atoms with Gasteiger partial charge in [0.25, 0.3) is 5.91 Å². The molecule has 0 aliphatic rings. The number of benzene rings is 3. The molecule has 0 bridgehead atoms. The third-order valence-corrected chi connectivity index (χ3v) is 4.52. The molecule has 0 atom stereocenters. The summed E-state index contributed by atoms with van der Waals surface area (Å²) in [7, 11) is 0. The predicted octanol–water partition coefficient (Wildman–Crippen LogP) is 4.68. The highest BCUT2D eigenvalue weighted by atomic mass is 19.1. The van der Waals surface area contributed by atoms with Crippen LogP contribution in [0, 0.1) is 17.1 Å². The van der Waals surface area contributed by atoms with E-state index in [0.29, 0.717) is 33.3 Å². The Labute approximate surface area is 172 Å². The van der Waals surface area contributed by atoms with E-state index in [2.05, 4.69) is 15.5 Å². The van der Waals surface area contributed by atoms with Gasteiger partial charge in [-0.2, -0.15) is 10.4 Å². The van der Waals surface area contributed by atoms with Crippen LogP contribution in [0.2, 0.25) is 0 Å². The van der Waals surface area contributed by atoms with Gasteiger partial charge in [0.05, 0.1) is 34.6 Å². The van der Waals surface area contributed by atoms with E-state index in [0.717, 1.165) is 5.56 Å². The number of carbonyl (C=O) groups excluding carboxylic acids is 1. The summed E-state index contributed by atoms with van der Waals surface area (Å²) in [5.41, 5.74) is 6.17. The molecule has 1 N–H and O–H groups in total. The lowest BCUT2D eigenvalue weighted by Gasteiger charge is -2.09. The monoisotopic (exact) mass is 394 g/mol. The Morgan fingerprint density at radius 1 is 1.03 bits per heavy atom. The van der Waals surface area contributed by atoms with E-state index >= 15 is 0 Å². The second-order valence-electron chi connectivity index (χ2n) is 6.51. The van der Waals surface area contributed by atoms with E-state index in [4.69, 9.17) is 5.26 Å². The van der Waals surface area contributed by atoms with Gasteiger partial charge in [0, 0.05) is 10.9 Å². The number of para-hydroxylation sites is 1. The second kappa shape index (κ2) is 8.33. The van der Waals surface area contributed by atoms with Gasteiger partial charge in [-0.15, -0.1) is 0 Å². The molecule has 0 saturated heterocycles. The Morgan fingerprint density at radius 3 is 2.50 bits per heavy atom. The minimum absolute atomic E-state index is 0.338. The lowest BCUT2D eigenvalue weighted by Crippen LogP contribution is -2.18. The lowest BCUT2D eigenvalue weighted by atomic mass is 10.0. The average molecular weight is 394 g/mol. The molecular weight excluding hydrogens is 379 g/mol. The van der Waals surface area contributed by atoms with Gasteiger partial charge < -0.3 is 0 Å². The fourth-order valence-corrected chi connectivity index (χ4v) is 3.00. The largest absolute Gasteiger partial charge is 0.272 e. The summed E-state index contributed by atoms with van der Waals surface area (Å²) in [5.74, 6) is -0.725. The highest BCUT2D eigenvalue weighted by Gasteiger charge is 2.13. The molecule has 4 aromatic rings. The number of hydrogen-bond acceptors (Lipinski definition) is 4. The molecule has 144 valence electrons. The third-order valence-electron chi connectivity index (χ3n) is 4.52. The van der Waals surface area contributed by atoms with Crippen LogP contribution in [-0.4, -0.2) is 17.1 Å². The van der Waals surface area contributed by atoms with Crippen molar-refractivity contribution in [3.63, 3.8) is 0 Å². The van der Waals surface area contributed by atoms with E-state index in [1.54, 1.807) is 42.5 Å². The molecule has 0 saturated carbocycles. The van der Waals surface area contributed by atoms with Crippen LogP contribution in [0.5, 0.6) is 0 Å². The first-order valence-electron chi connectivity index (χ1n) is 9.13. The van der Waals surface area contributed by atoms with Crippen LogP contribution in [0.3, 0.4) is 0 Å². The SMILES string of the molecule is N#Cc1ccc(C=NNC(=O)c2cc(-c3ccc(F)cc3)nc3ccccc23)cc1. The highest BCUT2D eigenvalue weighted by molar-refractivity contribution is 6.07. The van der Waals surface area contributed by atoms with Gasteiger partial charge in [0.1, 0.15) is 5.82 Å². The van der Waals surface area contributed by atoms with Gasteiger partial charge in [-0.1, -0.05) is 30.3 Å². The fraction of sp³-hybridized carbons (Fsp3) is 0. The van der Waals surface area contributed by atoms with Gasteiger partial charge in [-0.25, -0.2) is 14.8 Å². The molecule has 0 spiro atoms. The average Bonchev–Trinajstić information content (AvgIpc) is 2.79. The number of nitrogens with one attached hydrogen (secondary N) is 1. The summed E-state index contributed by atoms with van der Waals surface area (Å²) in [4.78, 5) is 17.4. The zero-order chi connectivity index (χ0) is 20.9. The minimum Gasteiger partial charge on any atom is -0.267 e. The molecule has 3 aromatic carbocycles. The second-order valence-corrected chi connectivity index (χ2v) is 6.51. The van der Waals surface area contributed by atoms with Gasteiger partial charge in [-0.05, 0) is 54.1 Å². The smallest absolute Gasteiger partial charge is 0.267 e. The molecule has 0 aliphatic heterocycles. The normalized spacial score (nSPS) is 10.8. The quantitative estimate of drug-likeness (QED) is 0.403. The fourth-order valence-electron chi connectivity index (χ4n) is 3.00. The number of carbonyl (C=O) groups is 1. The maximum atomic E-state index is 13.3. The number of nitriles is 1. The molecule has 30 heavy (non-hydrogen) atoms. The van der Waals surface area contributed by atoms with Gasteiger partial charge in [0.15, 0.2) is 0 Å². The Morgan fingerprint density at radius 2 is 1.77 bits per heavy atom. The van der Waals surface area contributed by atoms with Crippen molar-refractivity contribution in [1.82, 2.24) is 10.4 Å². The van der Waals surface area contributed by atoms with Gasteiger partial charge >= 0.3 is 0 Å². The van der Waals surface area contributed by atoms with Crippen molar-refractivity contribution >= 4 is 23.0 Å². The van der Waals surface area contributed by atoms with Crippen molar-refractivity contribution in [2.24, 2.45) is 5.10 Å². The first-order valence-corrected chi connectivity index (χ1v) is 9.13. The van der Waals surface area contributed by atoms with Crippen LogP contribution in [0.4, 0.5) is 4.39 Å². The number of rotatable bonds is 4. The van der Waals surface area contributed by atoms with E-state index in [1.165, 1.54) is 18.3 Å². The number of fused-ring (bicyclic) bond motifs is 1.